The topological polar surface area (TPSA) is 82.2 Å². The molecule has 3 aromatic rings. The number of hydrogen-bond donors (Lipinski definition) is 1. The summed E-state index contributed by atoms with van der Waals surface area (Å²) in [6.45, 7) is 8.40. The summed E-state index contributed by atoms with van der Waals surface area (Å²) in [6, 6.07) is 11.2. The molecule has 0 atom stereocenters. The summed E-state index contributed by atoms with van der Waals surface area (Å²) in [5, 5.41) is 5.74. The van der Waals surface area contributed by atoms with Crippen LogP contribution < -0.4 is 5.14 Å². The fourth-order valence-corrected chi connectivity index (χ4v) is 4.94. The highest BCUT2D eigenvalue weighted by Gasteiger charge is 2.28. The van der Waals surface area contributed by atoms with Gasteiger partial charge in [0.2, 0.25) is 10.0 Å². The predicted octanol–water partition coefficient (Wildman–Crippen LogP) is 6.07. The number of Topliss-reactive ketones (excluding diaryl/α,β-unsaturated/α-hetero) is 1. The molecule has 0 aliphatic heterocycles. The average Bonchev–Trinajstić information content (AvgIpc) is 3.07. The predicted molar refractivity (Wildman–Crippen MR) is 130 cm³/mol. The van der Waals surface area contributed by atoms with E-state index >= 15 is 0 Å². The molecule has 0 amide bonds. The summed E-state index contributed by atoms with van der Waals surface area (Å²) in [5.41, 5.74) is 4.17. The van der Waals surface area contributed by atoms with Crippen LogP contribution in [0.4, 0.5) is 4.39 Å². The van der Waals surface area contributed by atoms with Crippen LogP contribution in [0.25, 0.3) is 22.5 Å². The summed E-state index contributed by atoms with van der Waals surface area (Å²) in [7, 11) is -4.21. The third-order valence-corrected chi connectivity index (χ3v) is 6.73. The fraction of sp³-hybridized carbons (Fsp3) is 0.320. The van der Waals surface area contributed by atoms with Crippen LogP contribution in [0.2, 0.25) is 5.02 Å². The van der Waals surface area contributed by atoms with E-state index in [1.54, 1.807) is 12.1 Å². The lowest BCUT2D eigenvalue weighted by molar-refractivity contribution is 0.0967. The van der Waals surface area contributed by atoms with Gasteiger partial charge in [0, 0.05) is 29.1 Å². The fourth-order valence-electron chi connectivity index (χ4n) is 4.22. The van der Waals surface area contributed by atoms with Crippen molar-refractivity contribution in [2.45, 2.75) is 52.0 Å². The Morgan fingerprint density at radius 3 is 2.15 bits per heavy atom. The van der Waals surface area contributed by atoms with E-state index in [9.17, 15) is 17.6 Å². The maximum atomic E-state index is 14.8. The number of carbonyl (C=O) groups excluding carboxylic acids is 1. The number of hydrogen-bond acceptors (Lipinski definition) is 3. The number of ketones is 1. The van der Waals surface area contributed by atoms with Crippen molar-refractivity contribution in [3.63, 3.8) is 0 Å². The number of aromatic nitrogens is 1. The molecule has 1 aromatic heterocycles. The van der Waals surface area contributed by atoms with Gasteiger partial charge in [0.15, 0.2) is 5.78 Å². The van der Waals surface area contributed by atoms with Crippen molar-refractivity contribution in [3.05, 3.63) is 64.4 Å². The molecule has 1 heterocycles. The lowest BCUT2D eigenvalue weighted by atomic mass is 9.93. The number of sulfonamides is 1. The minimum Gasteiger partial charge on any atom is -0.340 e. The summed E-state index contributed by atoms with van der Waals surface area (Å²) in [4.78, 5) is 12.9. The van der Waals surface area contributed by atoms with Crippen LogP contribution in [0.15, 0.2) is 47.4 Å². The maximum Gasteiger partial charge on any atom is 0.240 e. The second kappa shape index (κ2) is 9.79. The summed E-state index contributed by atoms with van der Waals surface area (Å²) in [6.07, 6.45) is 0.931. The first-order valence-electron chi connectivity index (χ1n) is 10.9. The van der Waals surface area contributed by atoms with Crippen LogP contribution in [0, 0.1) is 11.7 Å². The van der Waals surface area contributed by atoms with Crippen molar-refractivity contribution < 1.29 is 17.6 Å². The highest BCUT2D eigenvalue weighted by atomic mass is 35.5. The van der Waals surface area contributed by atoms with E-state index in [0.717, 1.165) is 29.0 Å². The molecule has 0 unspecified atom stereocenters. The molecule has 0 fully saturated rings. The van der Waals surface area contributed by atoms with Gasteiger partial charge >= 0.3 is 0 Å². The zero-order valence-electron chi connectivity index (χ0n) is 19.2. The lowest BCUT2D eigenvalue weighted by Gasteiger charge is -2.14. The van der Waals surface area contributed by atoms with Gasteiger partial charge in [-0.05, 0) is 54.7 Å². The number of benzene rings is 2. The van der Waals surface area contributed by atoms with Crippen molar-refractivity contribution in [1.82, 2.24) is 4.57 Å². The maximum absolute atomic E-state index is 14.8. The van der Waals surface area contributed by atoms with Crippen LogP contribution in [0.1, 0.15) is 50.0 Å². The van der Waals surface area contributed by atoms with E-state index < -0.39 is 20.7 Å². The van der Waals surface area contributed by atoms with Crippen LogP contribution in [0.5, 0.6) is 0 Å². The van der Waals surface area contributed by atoms with Crippen molar-refractivity contribution in [2.24, 2.45) is 11.1 Å². The van der Waals surface area contributed by atoms with E-state index in [1.165, 1.54) is 6.07 Å². The molecule has 0 bridgehead atoms. The molecule has 2 N–H and O–H groups in total. The summed E-state index contributed by atoms with van der Waals surface area (Å²) >= 11 is 6.09. The quantitative estimate of drug-likeness (QED) is 0.389. The Labute approximate surface area is 199 Å². The van der Waals surface area contributed by atoms with Gasteiger partial charge in [-0.2, -0.15) is 0 Å². The zero-order valence-corrected chi connectivity index (χ0v) is 20.7. The minimum absolute atomic E-state index is 0.0322. The van der Waals surface area contributed by atoms with Crippen LogP contribution >= 0.6 is 11.6 Å². The number of primary sulfonamides is 1. The van der Waals surface area contributed by atoms with Crippen molar-refractivity contribution in [1.29, 1.82) is 0 Å². The summed E-state index contributed by atoms with van der Waals surface area (Å²) < 4.78 is 40.2. The van der Waals surface area contributed by atoms with Crippen molar-refractivity contribution in [2.75, 3.05) is 0 Å². The van der Waals surface area contributed by atoms with Gasteiger partial charge in [0.05, 0.1) is 11.4 Å². The molecule has 8 heteroatoms. The molecule has 2 aromatic carbocycles. The van der Waals surface area contributed by atoms with Gasteiger partial charge in [-0.1, -0.05) is 50.6 Å². The molecular weight excluding hydrogens is 463 g/mol. The van der Waals surface area contributed by atoms with Gasteiger partial charge in [-0.25, -0.2) is 17.9 Å². The molecular formula is C25H28ClFN2O3S. The zero-order chi connectivity index (χ0) is 24.5. The number of rotatable bonds is 8. The van der Waals surface area contributed by atoms with E-state index in [2.05, 4.69) is 0 Å². The highest BCUT2D eigenvalue weighted by molar-refractivity contribution is 7.89. The van der Waals surface area contributed by atoms with Gasteiger partial charge in [-0.15, -0.1) is 0 Å². The number of nitrogens with two attached hydrogens (primary N) is 1. The van der Waals surface area contributed by atoms with Gasteiger partial charge in [0.25, 0.3) is 0 Å². The Morgan fingerprint density at radius 1 is 1.06 bits per heavy atom. The summed E-state index contributed by atoms with van der Waals surface area (Å²) in [5.74, 6) is -0.845. The molecule has 0 saturated heterocycles. The third-order valence-electron chi connectivity index (χ3n) is 5.54. The van der Waals surface area contributed by atoms with E-state index in [0.29, 0.717) is 41.2 Å². The standard InChI is InChI=1S/C25H28ClFN2O3S/c1-5-19-23(21(30)13-15(3)4)25(17-9-12-22(20(27)14-17)33(28,31)32)29(6-2)24(19)16-7-10-18(26)11-8-16/h7-12,14-15H,5-6,13H2,1-4H3,(H2,28,31,32). The van der Waals surface area contributed by atoms with Crippen LogP contribution in [-0.4, -0.2) is 18.8 Å². The molecule has 0 spiro atoms. The SMILES string of the molecule is CCc1c(C(=O)CC(C)C)c(-c2ccc(S(N)(=O)=O)c(F)c2)n(CC)c1-c1ccc(Cl)cc1. The van der Waals surface area contributed by atoms with Crippen LogP contribution in [0.3, 0.4) is 0 Å². The second-order valence-electron chi connectivity index (χ2n) is 8.37. The second-order valence-corrected chi connectivity index (χ2v) is 10.3. The normalized spacial score (nSPS) is 11.9. The Morgan fingerprint density at radius 2 is 1.67 bits per heavy atom. The first-order chi connectivity index (χ1) is 15.5. The molecule has 5 nitrogen and oxygen atoms in total. The number of nitrogens with zero attached hydrogens (tertiary/aromatic N) is 1. The first kappa shape index (κ1) is 25.1. The molecule has 0 radical (unpaired) electrons. The van der Waals surface area contributed by atoms with Gasteiger partial charge in [-0.3, -0.25) is 4.79 Å². The van der Waals surface area contributed by atoms with Crippen molar-refractivity contribution in [3.8, 4) is 22.5 Å². The first-order valence-corrected chi connectivity index (χ1v) is 12.8. The Bertz CT molecular complexity index is 1300. The number of carbonyl (C=O) groups is 1. The minimum atomic E-state index is -4.21. The third kappa shape index (κ3) is 5.05. The molecule has 0 aliphatic carbocycles. The Hall–Kier alpha value is -2.48. The largest absolute Gasteiger partial charge is 0.340 e. The molecule has 33 heavy (non-hydrogen) atoms. The van der Waals surface area contributed by atoms with E-state index in [4.69, 9.17) is 16.7 Å². The molecule has 3 rings (SSSR count). The Balaban J connectivity index is 2.40. The van der Waals surface area contributed by atoms with Crippen molar-refractivity contribution >= 4 is 27.4 Å². The van der Waals surface area contributed by atoms with Gasteiger partial charge < -0.3 is 4.57 Å². The monoisotopic (exact) mass is 490 g/mol. The number of halogens is 2. The molecule has 0 saturated carbocycles. The van der Waals surface area contributed by atoms with Gasteiger partial charge in [0.1, 0.15) is 10.7 Å². The lowest BCUT2D eigenvalue weighted by Crippen LogP contribution is -2.14. The van der Waals surface area contributed by atoms with E-state index in [-0.39, 0.29) is 11.7 Å². The van der Waals surface area contributed by atoms with Crippen LogP contribution in [-0.2, 0) is 23.0 Å². The molecule has 0 aliphatic rings. The highest BCUT2D eigenvalue weighted by Crippen LogP contribution is 2.40. The molecule has 176 valence electrons. The average molecular weight is 491 g/mol. The Kier molecular flexibility index (Phi) is 7.46. The van der Waals surface area contributed by atoms with E-state index in [1.807, 2.05) is 44.4 Å². The smallest absolute Gasteiger partial charge is 0.240 e.